The molecule has 4 aromatic rings. The van der Waals surface area contributed by atoms with Crippen LogP contribution in [0, 0.1) is 0 Å². The van der Waals surface area contributed by atoms with Crippen LogP contribution in [0.5, 0.6) is 5.75 Å². The zero-order valence-electron chi connectivity index (χ0n) is 20.2. The first-order chi connectivity index (χ1) is 17.7. The molecule has 1 unspecified atom stereocenters. The summed E-state index contributed by atoms with van der Waals surface area (Å²) in [6.07, 6.45) is 1.38. The van der Waals surface area contributed by atoms with E-state index >= 15 is 0 Å². The maximum absolute atomic E-state index is 11.6. The normalized spacial score (nSPS) is 18.1. The molecule has 0 radical (unpaired) electrons. The van der Waals surface area contributed by atoms with Gasteiger partial charge in [-0.25, -0.2) is 4.79 Å². The molecule has 1 N–H and O–H groups in total. The molecule has 36 heavy (non-hydrogen) atoms. The van der Waals surface area contributed by atoms with Gasteiger partial charge in [0.15, 0.2) is 0 Å². The molecule has 182 valence electrons. The molecule has 5 nitrogen and oxygen atoms in total. The number of ether oxygens (including phenoxy) is 2. The van der Waals surface area contributed by atoms with E-state index in [0.29, 0.717) is 13.2 Å². The number of amides is 1. The Bertz CT molecular complexity index is 1350. The molecule has 1 spiro atoms. The van der Waals surface area contributed by atoms with Crippen LogP contribution in [0.3, 0.4) is 0 Å². The summed E-state index contributed by atoms with van der Waals surface area (Å²) in [4.78, 5) is 14.1. The van der Waals surface area contributed by atoms with Gasteiger partial charge in [0.1, 0.15) is 18.0 Å². The third kappa shape index (κ3) is 4.67. The SMILES string of the molecule is O=C1NCC2(CCN(C(c3ccccc3)c3ccc(OCc4ccc5ccccc5c4)cc3)CC2)O1. The highest BCUT2D eigenvalue weighted by Gasteiger charge is 2.44. The second-order valence-corrected chi connectivity index (χ2v) is 9.81. The molecule has 0 aliphatic carbocycles. The van der Waals surface area contributed by atoms with Gasteiger partial charge in [0, 0.05) is 25.9 Å². The van der Waals surface area contributed by atoms with Crippen molar-refractivity contribution in [3.63, 3.8) is 0 Å². The van der Waals surface area contributed by atoms with Crippen LogP contribution in [0.4, 0.5) is 4.79 Å². The number of hydrogen-bond donors (Lipinski definition) is 1. The lowest BCUT2D eigenvalue weighted by Crippen LogP contribution is -2.47. The van der Waals surface area contributed by atoms with Gasteiger partial charge >= 0.3 is 6.09 Å². The van der Waals surface area contributed by atoms with Gasteiger partial charge in [-0.3, -0.25) is 4.90 Å². The first kappa shape index (κ1) is 22.6. The summed E-state index contributed by atoms with van der Waals surface area (Å²) in [5, 5.41) is 5.30. The van der Waals surface area contributed by atoms with Gasteiger partial charge in [-0.2, -0.15) is 0 Å². The Balaban J connectivity index is 1.17. The number of benzene rings is 4. The van der Waals surface area contributed by atoms with E-state index in [1.54, 1.807) is 0 Å². The minimum absolute atomic E-state index is 0.142. The Kier molecular flexibility index (Phi) is 6.08. The van der Waals surface area contributed by atoms with Crippen molar-refractivity contribution in [3.8, 4) is 5.75 Å². The Morgan fingerprint density at radius 3 is 2.25 bits per heavy atom. The molecule has 4 aromatic carbocycles. The highest BCUT2D eigenvalue weighted by atomic mass is 16.6. The van der Waals surface area contributed by atoms with Gasteiger partial charge in [-0.15, -0.1) is 0 Å². The van der Waals surface area contributed by atoms with Crippen molar-refractivity contribution in [2.24, 2.45) is 0 Å². The smallest absolute Gasteiger partial charge is 0.407 e. The minimum atomic E-state index is -0.352. The van der Waals surface area contributed by atoms with Crippen LogP contribution in [0.25, 0.3) is 10.8 Å². The second kappa shape index (κ2) is 9.67. The van der Waals surface area contributed by atoms with Crippen LogP contribution in [0.15, 0.2) is 97.1 Å². The Morgan fingerprint density at radius 2 is 1.53 bits per heavy atom. The molecule has 5 heteroatoms. The van der Waals surface area contributed by atoms with Crippen LogP contribution >= 0.6 is 0 Å². The van der Waals surface area contributed by atoms with Crippen LogP contribution in [0.2, 0.25) is 0 Å². The van der Waals surface area contributed by atoms with E-state index in [0.717, 1.165) is 37.2 Å². The highest BCUT2D eigenvalue weighted by molar-refractivity contribution is 5.82. The predicted octanol–water partition coefficient (Wildman–Crippen LogP) is 6.08. The first-order valence-corrected chi connectivity index (χ1v) is 12.6. The quantitative estimate of drug-likeness (QED) is 0.365. The van der Waals surface area contributed by atoms with Crippen molar-refractivity contribution >= 4 is 16.9 Å². The van der Waals surface area contributed by atoms with Crippen LogP contribution in [-0.2, 0) is 11.3 Å². The van der Waals surface area contributed by atoms with Gasteiger partial charge in [0.05, 0.1) is 12.6 Å². The number of carbonyl (C=O) groups excluding carboxylic acids is 1. The van der Waals surface area contributed by atoms with E-state index in [9.17, 15) is 4.79 Å². The number of likely N-dealkylation sites (tertiary alicyclic amines) is 1. The lowest BCUT2D eigenvalue weighted by molar-refractivity contribution is -0.00618. The van der Waals surface area contributed by atoms with Gasteiger partial charge in [0.25, 0.3) is 0 Å². The fourth-order valence-corrected chi connectivity index (χ4v) is 5.46. The Morgan fingerprint density at radius 1 is 0.833 bits per heavy atom. The zero-order chi connectivity index (χ0) is 24.4. The summed E-state index contributed by atoms with van der Waals surface area (Å²) in [6, 6.07) is 34.1. The summed E-state index contributed by atoms with van der Waals surface area (Å²) in [5.74, 6) is 0.861. The van der Waals surface area contributed by atoms with Crippen molar-refractivity contribution in [3.05, 3.63) is 114 Å². The molecular weight excluding hydrogens is 448 g/mol. The number of hydrogen-bond acceptors (Lipinski definition) is 4. The molecular formula is C31H30N2O3. The molecule has 2 fully saturated rings. The van der Waals surface area contributed by atoms with Crippen molar-refractivity contribution in [1.82, 2.24) is 10.2 Å². The maximum atomic E-state index is 11.6. The number of piperidine rings is 1. The zero-order valence-corrected chi connectivity index (χ0v) is 20.2. The van der Waals surface area contributed by atoms with Crippen molar-refractivity contribution in [2.75, 3.05) is 19.6 Å². The molecule has 1 atom stereocenters. The summed E-state index contributed by atoms with van der Waals surface area (Å²) in [7, 11) is 0. The van der Waals surface area contributed by atoms with Crippen LogP contribution in [0.1, 0.15) is 35.6 Å². The average Bonchev–Trinajstić information content (AvgIpc) is 3.29. The summed E-state index contributed by atoms with van der Waals surface area (Å²) >= 11 is 0. The monoisotopic (exact) mass is 478 g/mol. The van der Waals surface area contributed by atoms with Gasteiger partial charge in [-0.1, -0.05) is 78.9 Å². The average molecular weight is 479 g/mol. The number of fused-ring (bicyclic) bond motifs is 1. The van der Waals surface area contributed by atoms with E-state index in [1.807, 2.05) is 0 Å². The Hall–Kier alpha value is -3.83. The van der Waals surface area contributed by atoms with E-state index in [-0.39, 0.29) is 17.7 Å². The van der Waals surface area contributed by atoms with E-state index in [2.05, 4.69) is 107 Å². The minimum Gasteiger partial charge on any atom is -0.489 e. The van der Waals surface area contributed by atoms with Gasteiger partial charge < -0.3 is 14.8 Å². The van der Waals surface area contributed by atoms with E-state index in [4.69, 9.17) is 9.47 Å². The fourth-order valence-electron chi connectivity index (χ4n) is 5.46. The van der Waals surface area contributed by atoms with Crippen molar-refractivity contribution in [2.45, 2.75) is 31.1 Å². The fraction of sp³-hybridized carbons (Fsp3) is 0.258. The highest BCUT2D eigenvalue weighted by Crippen LogP contribution is 2.36. The van der Waals surface area contributed by atoms with Gasteiger partial charge in [-0.05, 0) is 45.7 Å². The molecule has 6 rings (SSSR count). The number of rotatable bonds is 6. The van der Waals surface area contributed by atoms with Crippen molar-refractivity contribution < 1.29 is 14.3 Å². The van der Waals surface area contributed by atoms with Gasteiger partial charge in [0.2, 0.25) is 0 Å². The standard InChI is InChI=1S/C31H30N2O3/c34-30-32-22-31(36-30)16-18-33(19-17-31)29(25-7-2-1-3-8-25)26-12-14-28(15-13-26)35-21-23-10-11-24-6-4-5-9-27(24)20-23/h1-15,20,29H,16-19,21-22H2,(H,32,34). The third-order valence-corrected chi connectivity index (χ3v) is 7.47. The maximum Gasteiger partial charge on any atom is 0.407 e. The molecule has 0 saturated carbocycles. The lowest BCUT2D eigenvalue weighted by atomic mass is 9.88. The molecule has 0 bridgehead atoms. The predicted molar refractivity (Wildman–Crippen MR) is 141 cm³/mol. The number of nitrogens with one attached hydrogen (secondary N) is 1. The number of alkyl carbamates (subject to hydrolysis) is 1. The first-order valence-electron chi connectivity index (χ1n) is 12.6. The second-order valence-electron chi connectivity index (χ2n) is 9.81. The molecule has 2 saturated heterocycles. The molecule has 2 aliphatic heterocycles. The topological polar surface area (TPSA) is 50.8 Å². The largest absolute Gasteiger partial charge is 0.489 e. The van der Waals surface area contributed by atoms with Crippen molar-refractivity contribution in [1.29, 1.82) is 0 Å². The summed E-state index contributed by atoms with van der Waals surface area (Å²) in [5.41, 5.74) is 3.30. The lowest BCUT2D eigenvalue weighted by Gasteiger charge is -2.41. The molecule has 2 aliphatic rings. The van der Waals surface area contributed by atoms with E-state index < -0.39 is 0 Å². The number of nitrogens with zero attached hydrogens (tertiary/aromatic N) is 1. The number of carbonyl (C=O) groups is 1. The molecule has 1 amide bonds. The van der Waals surface area contributed by atoms with Crippen LogP contribution < -0.4 is 10.1 Å². The Labute approximate surface area is 211 Å². The summed E-state index contributed by atoms with van der Waals surface area (Å²) < 4.78 is 11.8. The molecule has 0 aromatic heterocycles. The molecule has 2 heterocycles. The van der Waals surface area contributed by atoms with E-state index in [1.165, 1.54) is 21.9 Å². The third-order valence-electron chi connectivity index (χ3n) is 7.47. The van der Waals surface area contributed by atoms with Crippen LogP contribution in [-0.4, -0.2) is 36.2 Å². The summed E-state index contributed by atoms with van der Waals surface area (Å²) in [6.45, 7) is 2.88.